The monoisotopic (exact) mass is 262 g/mol. The fourth-order valence-corrected chi connectivity index (χ4v) is 2.30. The zero-order valence-corrected chi connectivity index (χ0v) is 11.1. The van der Waals surface area contributed by atoms with Crippen LogP contribution in [0, 0.1) is 0 Å². The van der Waals surface area contributed by atoms with Crippen LogP contribution in [0.3, 0.4) is 0 Å². The van der Waals surface area contributed by atoms with Gasteiger partial charge in [0.1, 0.15) is 0 Å². The number of ether oxygens (including phenoxy) is 1. The van der Waals surface area contributed by atoms with Crippen molar-refractivity contribution in [2.24, 2.45) is 0 Å². The average Bonchev–Trinajstić information content (AvgIpc) is 2.92. The first-order chi connectivity index (χ1) is 8.76. The van der Waals surface area contributed by atoms with Gasteiger partial charge >= 0.3 is 5.97 Å². The first-order valence-electron chi connectivity index (χ1n) is 5.44. The summed E-state index contributed by atoms with van der Waals surface area (Å²) in [6.07, 6.45) is 7.40. The van der Waals surface area contributed by atoms with Crippen molar-refractivity contribution in [1.29, 1.82) is 0 Å². The summed E-state index contributed by atoms with van der Waals surface area (Å²) in [4.78, 5) is 15.6. The van der Waals surface area contributed by atoms with Crippen molar-refractivity contribution >= 4 is 17.7 Å². The van der Waals surface area contributed by atoms with Gasteiger partial charge in [0.15, 0.2) is 0 Å². The number of imidazole rings is 1. The van der Waals surface area contributed by atoms with Gasteiger partial charge in [0.25, 0.3) is 0 Å². The third-order valence-corrected chi connectivity index (χ3v) is 3.18. The zero-order chi connectivity index (χ0) is 13.0. The van der Waals surface area contributed by atoms with Crippen LogP contribution in [0.5, 0.6) is 0 Å². The van der Waals surface area contributed by atoms with E-state index in [4.69, 9.17) is 4.74 Å². The minimum Gasteiger partial charge on any atom is -0.465 e. The Kier molecular flexibility index (Phi) is 4.04. The second-order valence-corrected chi connectivity index (χ2v) is 4.60. The van der Waals surface area contributed by atoms with Crippen molar-refractivity contribution in [2.75, 3.05) is 13.4 Å². The van der Waals surface area contributed by atoms with Crippen LogP contribution in [0.15, 0.2) is 36.9 Å². The van der Waals surface area contributed by atoms with Crippen LogP contribution in [0.1, 0.15) is 15.9 Å². The first kappa shape index (κ1) is 12.7. The van der Waals surface area contributed by atoms with E-state index in [1.165, 1.54) is 7.11 Å². The van der Waals surface area contributed by atoms with E-state index < -0.39 is 0 Å². The summed E-state index contributed by atoms with van der Waals surface area (Å²) in [6, 6.07) is 5.56. The molecule has 18 heavy (non-hydrogen) atoms. The van der Waals surface area contributed by atoms with Gasteiger partial charge in [0, 0.05) is 18.1 Å². The summed E-state index contributed by atoms with van der Waals surface area (Å²) >= 11 is 1.71. The maximum absolute atomic E-state index is 11.5. The molecule has 0 saturated heterocycles. The van der Waals surface area contributed by atoms with E-state index >= 15 is 0 Å². The standard InChI is InChI=1S/C13H14N2O2S/c1-17-13(16)10-3-4-12(11(7-10)8-18-2)15-6-5-14-9-15/h3-7,9H,8H2,1-2H3. The largest absolute Gasteiger partial charge is 0.465 e. The van der Waals surface area contributed by atoms with Gasteiger partial charge in [0.05, 0.1) is 24.7 Å². The van der Waals surface area contributed by atoms with Crippen molar-refractivity contribution in [2.45, 2.75) is 5.75 Å². The number of carbonyl (C=O) groups excluding carboxylic acids is 1. The molecule has 0 bridgehead atoms. The van der Waals surface area contributed by atoms with E-state index in [9.17, 15) is 4.79 Å². The summed E-state index contributed by atoms with van der Waals surface area (Å²) in [6.45, 7) is 0. The molecule has 94 valence electrons. The number of hydrogen-bond donors (Lipinski definition) is 0. The molecule has 0 spiro atoms. The summed E-state index contributed by atoms with van der Waals surface area (Å²) in [5.74, 6) is 0.521. The molecule has 4 nitrogen and oxygen atoms in total. The van der Waals surface area contributed by atoms with E-state index in [1.54, 1.807) is 30.4 Å². The highest BCUT2D eigenvalue weighted by Crippen LogP contribution is 2.21. The molecule has 1 aromatic carbocycles. The number of thioether (sulfide) groups is 1. The van der Waals surface area contributed by atoms with Crippen molar-refractivity contribution in [3.05, 3.63) is 48.0 Å². The van der Waals surface area contributed by atoms with Crippen molar-refractivity contribution in [3.63, 3.8) is 0 Å². The second kappa shape index (κ2) is 5.73. The summed E-state index contributed by atoms with van der Waals surface area (Å²) < 4.78 is 6.67. The third-order valence-electron chi connectivity index (χ3n) is 2.58. The van der Waals surface area contributed by atoms with Gasteiger partial charge in [-0.2, -0.15) is 11.8 Å². The minimum atomic E-state index is -0.311. The molecule has 0 radical (unpaired) electrons. The molecule has 0 aliphatic carbocycles. The maximum Gasteiger partial charge on any atom is 0.337 e. The van der Waals surface area contributed by atoms with Gasteiger partial charge in [-0.15, -0.1) is 0 Å². The predicted molar refractivity (Wildman–Crippen MR) is 72.1 cm³/mol. The van der Waals surface area contributed by atoms with Crippen LogP contribution in [-0.4, -0.2) is 28.9 Å². The van der Waals surface area contributed by atoms with Crippen LogP contribution in [0.2, 0.25) is 0 Å². The highest BCUT2D eigenvalue weighted by atomic mass is 32.2. The van der Waals surface area contributed by atoms with Gasteiger partial charge in [0.2, 0.25) is 0 Å². The van der Waals surface area contributed by atoms with Crippen LogP contribution in [0.4, 0.5) is 0 Å². The third kappa shape index (κ3) is 2.56. The molecule has 0 aliphatic rings. The fraction of sp³-hybridized carbons (Fsp3) is 0.231. The Morgan fingerprint density at radius 2 is 2.33 bits per heavy atom. The molecule has 0 aliphatic heterocycles. The summed E-state index contributed by atoms with van der Waals surface area (Å²) in [5.41, 5.74) is 2.70. The van der Waals surface area contributed by atoms with Crippen LogP contribution < -0.4 is 0 Å². The lowest BCUT2D eigenvalue weighted by Gasteiger charge is -2.10. The highest BCUT2D eigenvalue weighted by molar-refractivity contribution is 7.97. The Labute approximate surface area is 110 Å². The van der Waals surface area contributed by atoms with Crippen LogP contribution in [0.25, 0.3) is 5.69 Å². The maximum atomic E-state index is 11.5. The molecule has 0 N–H and O–H groups in total. The lowest BCUT2D eigenvalue weighted by atomic mass is 10.1. The summed E-state index contributed by atoms with van der Waals surface area (Å²) in [7, 11) is 1.39. The van der Waals surface area contributed by atoms with Gasteiger partial charge < -0.3 is 9.30 Å². The molecule has 0 fully saturated rings. The van der Waals surface area contributed by atoms with E-state index in [2.05, 4.69) is 4.98 Å². The first-order valence-corrected chi connectivity index (χ1v) is 6.84. The molecule has 0 atom stereocenters. The predicted octanol–water partition coefficient (Wildman–Crippen LogP) is 2.52. The highest BCUT2D eigenvalue weighted by Gasteiger charge is 2.10. The fourth-order valence-electron chi connectivity index (χ4n) is 1.75. The van der Waals surface area contributed by atoms with Crippen LogP contribution >= 0.6 is 11.8 Å². The Morgan fingerprint density at radius 3 is 2.94 bits per heavy atom. The Hall–Kier alpha value is -1.75. The normalized spacial score (nSPS) is 10.3. The van der Waals surface area contributed by atoms with E-state index in [-0.39, 0.29) is 5.97 Å². The zero-order valence-electron chi connectivity index (χ0n) is 10.3. The number of rotatable bonds is 4. The average molecular weight is 262 g/mol. The lowest BCUT2D eigenvalue weighted by molar-refractivity contribution is 0.0600. The van der Waals surface area contributed by atoms with Crippen LogP contribution in [-0.2, 0) is 10.5 Å². The molecule has 1 aromatic heterocycles. The minimum absolute atomic E-state index is 0.311. The van der Waals surface area contributed by atoms with Crippen molar-refractivity contribution in [1.82, 2.24) is 9.55 Å². The Balaban J connectivity index is 2.44. The Bertz CT molecular complexity index is 538. The molecule has 1 heterocycles. The van der Waals surface area contributed by atoms with Crippen molar-refractivity contribution in [3.8, 4) is 5.69 Å². The summed E-state index contributed by atoms with van der Waals surface area (Å²) in [5, 5.41) is 0. The number of aromatic nitrogens is 2. The van der Waals surface area contributed by atoms with Gasteiger partial charge in [-0.1, -0.05) is 0 Å². The number of esters is 1. The topological polar surface area (TPSA) is 44.1 Å². The van der Waals surface area contributed by atoms with Gasteiger partial charge in [-0.05, 0) is 30.0 Å². The lowest BCUT2D eigenvalue weighted by Crippen LogP contribution is -2.04. The SMILES string of the molecule is COC(=O)c1ccc(-n2ccnc2)c(CSC)c1. The number of methoxy groups -OCH3 is 1. The molecule has 0 saturated carbocycles. The van der Waals surface area contributed by atoms with Gasteiger partial charge in [-0.25, -0.2) is 9.78 Å². The molecule has 2 aromatic rings. The van der Waals surface area contributed by atoms with Crippen molar-refractivity contribution < 1.29 is 9.53 Å². The van der Waals surface area contributed by atoms with Gasteiger partial charge in [-0.3, -0.25) is 0 Å². The van der Waals surface area contributed by atoms with E-state index in [0.29, 0.717) is 5.56 Å². The number of nitrogens with zero attached hydrogens (tertiary/aromatic N) is 2. The number of benzene rings is 1. The molecule has 0 amide bonds. The number of hydrogen-bond acceptors (Lipinski definition) is 4. The molecule has 0 unspecified atom stereocenters. The smallest absolute Gasteiger partial charge is 0.337 e. The van der Waals surface area contributed by atoms with E-state index in [1.807, 2.05) is 29.2 Å². The van der Waals surface area contributed by atoms with E-state index in [0.717, 1.165) is 17.0 Å². The molecular weight excluding hydrogens is 248 g/mol. The molecule has 5 heteroatoms. The molecular formula is C13H14N2O2S. The Morgan fingerprint density at radius 1 is 1.50 bits per heavy atom. The quantitative estimate of drug-likeness (QED) is 0.794. The second-order valence-electron chi connectivity index (χ2n) is 3.74. The molecule has 2 rings (SSSR count). The number of carbonyl (C=O) groups is 1.